The molecule has 0 bridgehead atoms. The molecule has 8 heteroatoms. The largest absolute Gasteiger partial charge is 0.387 e. The molecule has 1 fully saturated rings. The van der Waals surface area contributed by atoms with Crippen LogP contribution < -0.4 is 0 Å². The highest BCUT2D eigenvalue weighted by Gasteiger charge is 2.30. The Bertz CT molecular complexity index is 560. The van der Waals surface area contributed by atoms with Crippen LogP contribution in [0.1, 0.15) is 45.4 Å². The minimum absolute atomic E-state index is 0.363. The summed E-state index contributed by atoms with van der Waals surface area (Å²) in [7, 11) is -3.14. The lowest BCUT2D eigenvalue weighted by molar-refractivity contribution is 0.194. The molecule has 1 saturated heterocycles. The maximum absolute atomic E-state index is 12.1. The summed E-state index contributed by atoms with van der Waals surface area (Å²) < 4.78 is 27.5. The van der Waals surface area contributed by atoms with Gasteiger partial charge in [0, 0.05) is 19.6 Å². The number of aliphatic hydroxyl groups excluding tert-OH is 1. The Kier molecular flexibility index (Phi) is 5.00. The summed E-state index contributed by atoms with van der Waals surface area (Å²) in [5, 5.41) is 17.0. The number of aromatic nitrogens is 3. The Hall–Kier alpha value is -0.990. The van der Waals surface area contributed by atoms with Gasteiger partial charge < -0.3 is 5.11 Å². The lowest BCUT2D eigenvalue weighted by Crippen LogP contribution is -2.42. The third-order valence-corrected chi connectivity index (χ3v) is 6.24. The van der Waals surface area contributed by atoms with E-state index in [-0.39, 0.29) is 5.25 Å². The molecule has 0 radical (unpaired) electrons. The minimum atomic E-state index is -3.14. The second kappa shape index (κ2) is 6.41. The molecule has 1 atom stereocenters. The summed E-state index contributed by atoms with van der Waals surface area (Å²) in [5.41, 5.74) is 0.565. The van der Waals surface area contributed by atoms with E-state index >= 15 is 0 Å². The zero-order chi connectivity index (χ0) is 15.6. The van der Waals surface area contributed by atoms with Crippen LogP contribution in [-0.4, -0.2) is 51.2 Å². The van der Waals surface area contributed by atoms with Gasteiger partial charge in [-0.3, -0.25) is 4.68 Å². The molecule has 21 heavy (non-hydrogen) atoms. The van der Waals surface area contributed by atoms with E-state index in [2.05, 4.69) is 10.3 Å². The number of nitrogens with zero attached hydrogens (tertiary/aromatic N) is 4. The van der Waals surface area contributed by atoms with Crippen LogP contribution in [0, 0.1) is 5.92 Å². The molecule has 2 rings (SSSR count). The van der Waals surface area contributed by atoms with Crippen molar-refractivity contribution in [1.29, 1.82) is 0 Å². The van der Waals surface area contributed by atoms with E-state index in [9.17, 15) is 13.5 Å². The highest BCUT2D eigenvalue weighted by molar-refractivity contribution is 7.89. The topological polar surface area (TPSA) is 88.3 Å². The zero-order valence-corrected chi connectivity index (χ0v) is 13.6. The van der Waals surface area contributed by atoms with E-state index < -0.39 is 16.1 Å². The van der Waals surface area contributed by atoms with Crippen molar-refractivity contribution in [2.45, 2.75) is 51.5 Å². The van der Waals surface area contributed by atoms with Crippen molar-refractivity contribution in [2.75, 3.05) is 13.1 Å². The zero-order valence-electron chi connectivity index (χ0n) is 12.8. The van der Waals surface area contributed by atoms with Gasteiger partial charge in [-0.1, -0.05) is 5.21 Å². The van der Waals surface area contributed by atoms with Gasteiger partial charge in [0.15, 0.2) is 0 Å². The first-order chi connectivity index (χ1) is 9.80. The summed E-state index contributed by atoms with van der Waals surface area (Å²) in [5.74, 6) is 0.396. The first-order valence-electron chi connectivity index (χ1n) is 7.37. The number of rotatable bonds is 5. The van der Waals surface area contributed by atoms with E-state index in [1.165, 1.54) is 0 Å². The molecule has 0 unspecified atom stereocenters. The second-order valence-electron chi connectivity index (χ2n) is 5.98. The Morgan fingerprint density at radius 3 is 2.43 bits per heavy atom. The molecule has 1 aromatic rings. The predicted octanol–water partition coefficient (Wildman–Crippen LogP) is 0.782. The van der Waals surface area contributed by atoms with Gasteiger partial charge >= 0.3 is 0 Å². The van der Waals surface area contributed by atoms with Crippen LogP contribution in [0.3, 0.4) is 0 Å². The molecule has 1 aliphatic heterocycles. The second-order valence-corrected chi connectivity index (χ2v) is 8.47. The normalized spacial score (nSPS) is 20.0. The van der Waals surface area contributed by atoms with Crippen LogP contribution in [0.25, 0.3) is 0 Å². The maximum atomic E-state index is 12.1. The van der Waals surface area contributed by atoms with Crippen LogP contribution in [0.15, 0.2) is 6.20 Å². The quantitative estimate of drug-likeness (QED) is 0.867. The molecule has 0 aromatic carbocycles. The van der Waals surface area contributed by atoms with Crippen LogP contribution in [0.2, 0.25) is 0 Å². The monoisotopic (exact) mass is 316 g/mol. The average Bonchev–Trinajstić information content (AvgIpc) is 2.88. The molecular formula is C13H24N4O3S. The SMILES string of the molecule is CC(C)S(=O)(=O)N1CCC(Cn2cc([C@H](C)O)nn2)CC1. The third-order valence-electron chi connectivity index (χ3n) is 3.96. The highest BCUT2D eigenvalue weighted by Crippen LogP contribution is 2.23. The molecule has 0 amide bonds. The van der Waals surface area contributed by atoms with Crippen molar-refractivity contribution in [3.63, 3.8) is 0 Å². The molecule has 0 saturated carbocycles. The van der Waals surface area contributed by atoms with Crippen LogP contribution in [-0.2, 0) is 16.6 Å². The Labute approximate surface area is 126 Å². The molecule has 1 aromatic heterocycles. The summed E-state index contributed by atoms with van der Waals surface area (Å²) in [4.78, 5) is 0. The fraction of sp³-hybridized carbons (Fsp3) is 0.846. The van der Waals surface area contributed by atoms with Crippen molar-refractivity contribution in [3.05, 3.63) is 11.9 Å². The van der Waals surface area contributed by atoms with E-state index in [4.69, 9.17) is 0 Å². The van der Waals surface area contributed by atoms with Crippen LogP contribution >= 0.6 is 0 Å². The molecule has 0 spiro atoms. The number of sulfonamides is 1. The smallest absolute Gasteiger partial charge is 0.216 e. The maximum Gasteiger partial charge on any atom is 0.216 e. The molecular weight excluding hydrogens is 292 g/mol. The van der Waals surface area contributed by atoms with E-state index in [0.29, 0.717) is 24.7 Å². The van der Waals surface area contributed by atoms with Gasteiger partial charge in [-0.05, 0) is 39.5 Å². The van der Waals surface area contributed by atoms with Crippen molar-refractivity contribution < 1.29 is 13.5 Å². The molecule has 7 nitrogen and oxygen atoms in total. The average molecular weight is 316 g/mol. The van der Waals surface area contributed by atoms with Gasteiger partial charge in [0.25, 0.3) is 0 Å². The number of piperidine rings is 1. The van der Waals surface area contributed by atoms with Gasteiger partial charge in [0.1, 0.15) is 5.69 Å². The van der Waals surface area contributed by atoms with E-state index in [1.54, 1.807) is 36.0 Å². The van der Waals surface area contributed by atoms with Crippen molar-refractivity contribution >= 4 is 10.0 Å². The van der Waals surface area contributed by atoms with Crippen LogP contribution in [0.4, 0.5) is 0 Å². The third kappa shape index (κ3) is 3.81. The van der Waals surface area contributed by atoms with Crippen molar-refractivity contribution in [3.8, 4) is 0 Å². The van der Waals surface area contributed by atoms with Gasteiger partial charge in [-0.15, -0.1) is 5.10 Å². The van der Waals surface area contributed by atoms with Gasteiger partial charge in [0.2, 0.25) is 10.0 Å². The predicted molar refractivity (Wildman–Crippen MR) is 79.0 cm³/mol. The van der Waals surface area contributed by atoms with Crippen LogP contribution in [0.5, 0.6) is 0 Å². The van der Waals surface area contributed by atoms with Gasteiger partial charge in [0.05, 0.1) is 17.6 Å². The van der Waals surface area contributed by atoms with E-state index in [1.807, 2.05) is 0 Å². The standard InChI is InChI=1S/C13H24N4O3S/c1-10(2)21(19,20)17-6-4-12(5-7-17)8-16-9-13(11(3)18)14-15-16/h9-12,18H,4-8H2,1-3H3/t11-/m0/s1. The minimum Gasteiger partial charge on any atom is -0.387 e. The van der Waals surface area contributed by atoms with Gasteiger partial charge in [-0.25, -0.2) is 12.7 Å². The summed E-state index contributed by atoms with van der Waals surface area (Å²) in [6.45, 7) is 6.95. The van der Waals surface area contributed by atoms with Gasteiger partial charge in [-0.2, -0.15) is 0 Å². The molecule has 2 heterocycles. The lowest BCUT2D eigenvalue weighted by Gasteiger charge is -2.32. The molecule has 0 aliphatic carbocycles. The molecule has 1 N–H and O–H groups in total. The Morgan fingerprint density at radius 2 is 1.95 bits per heavy atom. The summed E-state index contributed by atoms with van der Waals surface area (Å²) in [6.07, 6.45) is 2.80. The lowest BCUT2D eigenvalue weighted by atomic mass is 9.98. The first kappa shape index (κ1) is 16.4. The molecule has 120 valence electrons. The Balaban J connectivity index is 1.89. The molecule has 1 aliphatic rings. The fourth-order valence-electron chi connectivity index (χ4n) is 2.50. The fourth-order valence-corrected chi connectivity index (χ4v) is 3.82. The number of hydrogen-bond donors (Lipinski definition) is 1. The van der Waals surface area contributed by atoms with Crippen molar-refractivity contribution in [2.24, 2.45) is 5.92 Å². The van der Waals surface area contributed by atoms with Crippen molar-refractivity contribution in [1.82, 2.24) is 19.3 Å². The number of aliphatic hydroxyl groups is 1. The summed E-state index contributed by atoms with van der Waals surface area (Å²) in [6, 6.07) is 0. The summed E-state index contributed by atoms with van der Waals surface area (Å²) >= 11 is 0. The number of hydrogen-bond acceptors (Lipinski definition) is 5. The Morgan fingerprint density at radius 1 is 1.33 bits per heavy atom. The highest BCUT2D eigenvalue weighted by atomic mass is 32.2. The van der Waals surface area contributed by atoms with E-state index in [0.717, 1.165) is 19.4 Å². The first-order valence-corrected chi connectivity index (χ1v) is 8.88.